The highest BCUT2D eigenvalue weighted by Gasteiger charge is 2.10. The van der Waals surface area contributed by atoms with E-state index in [0.29, 0.717) is 0 Å². The van der Waals surface area contributed by atoms with Crippen molar-refractivity contribution >= 4 is 21.6 Å². The normalized spacial score (nSPS) is 10.4. The smallest absolute Gasteiger partial charge is 0.258 e. The van der Waals surface area contributed by atoms with Gasteiger partial charge in [0, 0.05) is 16.6 Å². The van der Waals surface area contributed by atoms with Crippen LogP contribution in [0.2, 0.25) is 0 Å². The van der Waals surface area contributed by atoms with Gasteiger partial charge in [-0.25, -0.2) is 0 Å². The molecule has 0 aliphatic rings. The summed E-state index contributed by atoms with van der Waals surface area (Å²) < 4.78 is 0.827. The molecule has 1 radical (unpaired) electrons. The van der Waals surface area contributed by atoms with Crippen molar-refractivity contribution in [3.63, 3.8) is 0 Å². The topological polar surface area (TPSA) is 43.1 Å². The molecule has 0 fully saturated rings. The van der Waals surface area contributed by atoms with Crippen LogP contribution in [0.15, 0.2) is 40.9 Å². The first-order valence-electron chi connectivity index (χ1n) is 6.06. The molecule has 0 N–H and O–H groups in total. The standard InChI is InChI=1S/C15H13BrNO2/c1-2-4-11-7-8-15(16)14(9-11)12-5-3-6-13(10-12)17(18)19/h3,5-7,9-10H,2,4H2,1H3. The largest absolute Gasteiger partial charge is 0.270 e. The molecule has 0 saturated carbocycles. The lowest BCUT2D eigenvalue weighted by Gasteiger charge is -2.07. The molecule has 0 aliphatic heterocycles. The van der Waals surface area contributed by atoms with Crippen LogP contribution in [0.1, 0.15) is 18.9 Å². The van der Waals surface area contributed by atoms with Crippen LogP contribution in [-0.2, 0) is 6.42 Å². The van der Waals surface area contributed by atoms with Crippen LogP contribution in [0.3, 0.4) is 0 Å². The van der Waals surface area contributed by atoms with Gasteiger partial charge in [0.2, 0.25) is 0 Å². The van der Waals surface area contributed by atoms with Crippen molar-refractivity contribution < 1.29 is 4.92 Å². The van der Waals surface area contributed by atoms with E-state index in [0.717, 1.165) is 28.4 Å². The second-order valence-electron chi connectivity index (χ2n) is 4.29. The van der Waals surface area contributed by atoms with Gasteiger partial charge < -0.3 is 0 Å². The quantitative estimate of drug-likeness (QED) is 0.601. The van der Waals surface area contributed by atoms with E-state index >= 15 is 0 Å². The Hall–Kier alpha value is -1.68. The predicted molar refractivity (Wildman–Crippen MR) is 79.1 cm³/mol. The van der Waals surface area contributed by atoms with Crippen molar-refractivity contribution in [2.24, 2.45) is 0 Å². The Morgan fingerprint density at radius 2 is 2.16 bits per heavy atom. The summed E-state index contributed by atoms with van der Waals surface area (Å²) in [4.78, 5) is 10.4. The molecule has 0 aromatic heterocycles. The van der Waals surface area contributed by atoms with Crippen LogP contribution >= 0.6 is 15.9 Å². The third kappa shape index (κ3) is 3.20. The fraction of sp³-hybridized carbons (Fsp3) is 0.200. The Morgan fingerprint density at radius 3 is 2.84 bits per heavy atom. The highest BCUT2D eigenvalue weighted by Crippen LogP contribution is 2.31. The summed E-state index contributed by atoms with van der Waals surface area (Å²) >= 11 is 3.45. The average molecular weight is 319 g/mol. The SMILES string of the molecule is CCCc1c[c]c(Br)c(-c2cccc([N+](=O)[O-])c2)c1. The third-order valence-corrected chi connectivity index (χ3v) is 3.51. The van der Waals surface area contributed by atoms with Crippen molar-refractivity contribution in [2.45, 2.75) is 19.8 Å². The fourth-order valence-electron chi connectivity index (χ4n) is 1.95. The minimum Gasteiger partial charge on any atom is -0.258 e. The fourth-order valence-corrected chi connectivity index (χ4v) is 2.41. The molecule has 0 atom stereocenters. The zero-order valence-corrected chi connectivity index (χ0v) is 12.1. The van der Waals surface area contributed by atoms with Gasteiger partial charge in [0.1, 0.15) is 0 Å². The van der Waals surface area contributed by atoms with Crippen LogP contribution in [0.5, 0.6) is 0 Å². The molecular formula is C15H13BrNO2. The molecular weight excluding hydrogens is 306 g/mol. The van der Waals surface area contributed by atoms with Crippen molar-refractivity contribution in [1.82, 2.24) is 0 Å². The molecule has 2 rings (SSSR count). The van der Waals surface area contributed by atoms with Crippen molar-refractivity contribution in [1.29, 1.82) is 0 Å². The summed E-state index contributed by atoms with van der Waals surface area (Å²) in [6.45, 7) is 2.12. The highest BCUT2D eigenvalue weighted by atomic mass is 79.9. The number of rotatable bonds is 4. The van der Waals surface area contributed by atoms with Gasteiger partial charge in [-0.2, -0.15) is 0 Å². The van der Waals surface area contributed by atoms with Crippen LogP contribution in [0.25, 0.3) is 11.1 Å². The summed E-state index contributed by atoms with van der Waals surface area (Å²) in [5.41, 5.74) is 3.06. The monoisotopic (exact) mass is 318 g/mol. The van der Waals surface area contributed by atoms with Gasteiger partial charge in [0.25, 0.3) is 5.69 Å². The molecule has 2 aromatic rings. The van der Waals surface area contributed by atoms with E-state index in [2.05, 4.69) is 35.0 Å². The maximum absolute atomic E-state index is 10.8. The minimum atomic E-state index is -0.378. The number of nitro groups is 1. The van der Waals surface area contributed by atoms with Crippen LogP contribution in [-0.4, -0.2) is 4.92 Å². The molecule has 0 bridgehead atoms. The van der Waals surface area contributed by atoms with Crippen molar-refractivity contribution in [3.05, 3.63) is 62.6 Å². The number of hydrogen-bond donors (Lipinski definition) is 0. The number of aryl methyl sites for hydroxylation is 1. The van der Waals surface area contributed by atoms with E-state index < -0.39 is 0 Å². The number of hydrogen-bond acceptors (Lipinski definition) is 2. The van der Waals surface area contributed by atoms with Crippen LogP contribution in [0, 0.1) is 16.2 Å². The van der Waals surface area contributed by atoms with Gasteiger partial charge in [-0.15, -0.1) is 0 Å². The zero-order chi connectivity index (χ0) is 13.8. The molecule has 0 unspecified atom stereocenters. The lowest BCUT2D eigenvalue weighted by molar-refractivity contribution is -0.384. The lowest BCUT2D eigenvalue weighted by Crippen LogP contribution is -1.90. The molecule has 19 heavy (non-hydrogen) atoms. The third-order valence-electron chi connectivity index (χ3n) is 2.86. The van der Waals surface area contributed by atoms with Gasteiger partial charge in [-0.1, -0.05) is 25.5 Å². The molecule has 0 heterocycles. The van der Waals surface area contributed by atoms with Gasteiger partial charge in [0.15, 0.2) is 0 Å². The zero-order valence-electron chi connectivity index (χ0n) is 10.5. The van der Waals surface area contributed by atoms with Gasteiger partial charge in [-0.05, 0) is 57.2 Å². The number of benzene rings is 2. The van der Waals surface area contributed by atoms with E-state index in [4.69, 9.17) is 0 Å². The second kappa shape index (κ2) is 5.97. The molecule has 0 saturated heterocycles. The molecule has 97 valence electrons. The number of nitrogens with zero attached hydrogens (tertiary/aromatic N) is 1. The van der Waals surface area contributed by atoms with Gasteiger partial charge in [-0.3, -0.25) is 10.1 Å². The molecule has 4 heteroatoms. The lowest BCUT2D eigenvalue weighted by atomic mass is 10.0. The van der Waals surface area contributed by atoms with Crippen molar-refractivity contribution in [3.8, 4) is 11.1 Å². The maximum Gasteiger partial charge on any atom is 0.270 e. The van der Waals surface area contributed by atoms with E-state index in [1.165, 1.54) is 11.6 Å². The Labute approximate surface area is 120 Å². The summed E-state index contributed by atoms with van der Waals surface area (Å²) in [6, 6.07) is 13.8. The van der Waals surface area contributed by atoms with E-state index in [1.54, 1.807) is 12.1 Å². The Kier molecular flexibility index (Phi) is 4.32. The molecule has 0 amide bonds. The highest BCUT2D eigenvalue weighted by molar-refractivity contribution is 9.10. The first kappa shape index (κ1) is 13.7. The van der Waals surface area contributed by atoms with Gasteiger partial charge in [0.05, 0.1) is 4.92 Å². The second-order valence-corrected chi connectivity index (χ2v) is 5.09. The maximum atomic E-state index is 10.8. The number of non-ortho nitro benzene ring substituents is 1. The van der Waals surface area contributed by atoms with Crippen LogP contribution < -0.4 is 0 Å². The van der Waals surface area contributed by atoms with Crippen LogP contribution in [0.4, 0.5) is 5.69 Å². The summed E-state index contributed by atoms with van der Waals surface area (Å²) in [5.74, 6) is 0. The molecule has 0 aliphatic carbocycles. The predicted octanol–water partition coefficient (Wildman–Crippen LogP) is 4.78. The summed E-state index contributed by atoms with van der Waals surface area (Å²) in [7, 11) is 0. The minimum absolute atomic E-state index is 0.102. The molecule has 2 aromatic carbocycles. The van der Waals surface area contributed by atoms with Gasteiger partial charge >= 0.3 is 0 Å². The van der Waals surface area contributed by atoms with E-state index in [-0.39, 0.29) is 10.6 Å². The summed E-state index contributed by atoms with van der Waals surface area (Å²) in [6.07, 6.45) is 2.04. The number of halogens is 1. The Bertz CT molecular complexity index is 611. The Balaban J connectivity index is 2.48. The average Bonchev–Trinajstić information content (AvgIpc) is 2.41. The van der Waals surface area contributed by atoms with E-state index in [1.807, 2.05) is 12.1 Å². The van der Waals surface area contributed by atoms with Crippen molar-refractivity contribution in [2.75, 3.05) is 0 Å². The van der Waals surface area contributed by atoms with E-state index in [9.17, 15) is 10.1 Å². The molecule has 3 nitrogen and oxygen atoms in total. The first-order valence-corrected chi connectivity index (χ1v) is 6.86. The Morgan fingerprint density at radius 1 is 1.37 bits per heavy atom. The first-order chi connectivity index (χ1) is 9.11. The molecule has 0 spiro atoms. The number of nitro benzene ring substituents is 1. The summed E-state index contributed by atoms with van der Waals surface area (Å²) in [5, 5.41) is 10.8.